The highest BCUT2D eigenvalue weighted by molar-refractivity contribution is 7.99. The van der Waals surface area contributed by atoms with Crippen LogP contribution in [0.1, 0.15) is 23.6 Å². The molecule has 0 heterocycles. The Hall–Kier alpha value is -2.90. The van der Waals surface area contributed by atoms with Crippen molar-refractivity contribution in [2.45, 2.75) is 31.7 Å². The van der Waals surface area contributed by atoms with Gasteiger partial charge in [-0.2, -0.15) is 0 Å². The molecule has 0 spiro atoms. The summed E-state index contributed by atoms with van der Waals surface area (Å²) in [5.74, 6) is -1.12. The monoisotopic (exact) mass is 516 g/mol. The SMILES string of the molecule is CCNC(=O)[C@@H](Cc1ccccc1)N(Cc1ccc(F)cc1)C(=O)CSCc1c(F)cccc1Cl. The first-order chi connectivity index (χ1) is 16.9. The third-order valence-corrected chi connectivity index (χ3v) is 6.72. The quantitative estimate of drug-likeness (QED) is 0.359. The van der Waals surface area contributed by atoms with E-state index in [0.29, 0.717) is 29.1 Å². The van der Waals surface area contributed by atoms with E-state index in [1.54, 1.807) is 18.2 Å². The number of hydrogen-bond acceptors (Lipinski definition) is 3. The average molecular weight is 517 g/mol. The molecule has 0 radical (unpaired) electrons. The summed E-state index contributed by atoms with van der Waals surface area (Å²) in [6, 6.07) is 19.0. The number of benzene rings is 3. The van der Waals surface area contributed by atoms with Crippen molar-refractivity contribution in [2.24, 2.45) is 0 Å². The van der Waals surface area contributed by atoms with Gasteiger partial charge < -0.3 is 10.2 Å². The molecule has 0 aliphatic carbocycles. The van der Waals surface area contributed by atoms with E-state index in [4.69, 9.17) is 11.6 Å². The Morgan fingerprint density at radius 2 is 1.69 bits per heavy atom. The van der Waals surface area contributed by atoms with Gasteiger partial charge in [0.25, 0.3) is 0 Å². The Morgan fingerprint density at radius 3 is 2.34 bits per heavy atom. The molecule has 0 saturated heterocycles. The van der Waals surface area contributed by atoms with Crippen molar-refractivity contribution in [1.82, 2.24) is 10.2 Å². The van der Waals surface area contributed by atoms with Gasteiger partial charge in [-0.05, 0) is 42.3 Å². The molecular weight excluding hydrogens is 490 g/mol. The zero-order valence-electron chi connectivity index (χ0n) is 19.3. The Balaban J connectivity index is 1.84. The van der Waals surface area contributed by atoms with Gasteiger partial charge >= 0.3 is 0 Å². The summed E-state index contributed by atoms with van der Waals surface area (Å²) in [5.41, 5.74) is 1.94. The molecule has 4 nitrogen and oxygen atoms in total. The van der Waals surface area contributed by atoms with Crippen molar-refractivity contribution in [1.29, 1.82) is 0 Å². The topological polar surface area (TPSA) is 49.4 Å². The fraction of sp³-hybridized carbons (Fsp3) is 0.259. The average Bonchev–Trinajstić information content (AvgIpc) is 2.85. The van der Waals surface area contributed by atoms with Crippen LogP contribution in [0.25, 0.3) is 0 Å². The molecule has 0 fully saturated rings. The van der Waals surface area contributed by atoms with Gasteiger partial charge in [0.2, 0.25) is 11.8 Å². The van der Waals surface area contributed by atoms with Crippen LogP contribution in [0.5, 0.6) is 0 Å². The van der Waals surface area contributed by atoms with E-state index in [1.165, 1.54) is 40.9 Å². The summed E-state index contributed by atoms with van der Waals surface area (Å²) < 4.78 is 27.6. The predicted octanol–water partition coefficient (Wildman–Crippen LogP) is 5.63. The zero-order chi connectivity index (χ0) is 25.2. The summed E-state index contributed by atoms with van der Waals surface area (Å²) in [7, 11) is 0. The maximum Gasteiger partial charge on any atom is 0.243 e. The van der Waals surface area contributed by atoms with Crippen molar-refractivity contribution in [3.8, 4) is 0 Å². The first-order valence-corrected chi connectivity index (χ1v) is 12.8. The molecule has 35 heavy (non-hydrogen) atoms. The molecule has 3 rings (SSSR count). The van der Waals surface area contributed by atoms with Crippen LogP contribution in [0.15, 0.2) is 72.8 Å². The van der Waals surface area contributed by atoms with Gasteiger partial charge in [-0.25, -0.2) is 8.78 Å². The minimum atomic E-state index is -0.771. The largest absolute Gasteiger partial charge is 0.355 e. The van der Waals surface area contributed by atoms with Gasteiger partial charge in [0.05, 0.1) is 5.75 Å². The fourth-order valence-corrected chi connectivity index (χ4v) is 4.88. The highest BCUT2D eigenvalue weighted by Gasteiger charge is 2.30. The van der Waals surface area contributed by atoms with Gasteiger partial charge in [-0.1, -0.05) is 60.1 Å². The third kappa shape index (κ3) is 7.80. The second-order valence-electron chi connectivity index (χ2n) is 7.94. The predicted molar refractivity (Wildman–Crippen MR) is 137 cm³/mol. The molecule has 0 aliphatic rings. The van der Waals surface area contributed by atoms with Gasteiger partial charge in [0.15, 0.2) is 0 Å². The summed E-state index contributed by atoms with van der Waals surface area (Å²) in [5, 5.41) is 3.13. The molecule has 184 valence electrons. The van der Waals surface area contributed by atoms with E-state index in [1.807, 2.05) is 37.3 Å². The van der Waals surface area contributed by atoms with Crippen LogP contribution in [0.4, 0.5) is 8.78 Å². The van der Waals surface area contributed by atoms with Crippen molar-refractivity contribution in [2.75, 3.05) is 12.3 Å². The molecule has 3 aromatic rings. The minimum Gasteiger partial charge on any atom is -0.355 e. The Bertz CT molecular complexity index is 1110. The summed E-state index contributed by atoms with van der Waals surface area (Å²) in [4.78, 5) is 28.0. The molecule has 0 bridgehead atoms. The minimum absolute atomic E-state index is 0.0244. The van der Waals surface area contributed by atoms with E-state index in [9.17, 15) is 18.4 Å². The van der Waals surface area contributed by atoms with Crippen LogP contribution in [-0.2, 0) is 28.3 Å². The van der Waals surface area contributed by atoms with Crippen LogP contribution >= 0.6 is 23.4 Å². The number of halogens is 3. The molecule has 0 saturated carbocycles. The standard InChI is InChI=1S/C27H27ClF2N2O2S/c1-2-31-27(34)25(15-19-7-4-3-5-8-19)32(16-20-11-13-21(29)14-12-20)26(33)18-35-17-22-23(28)9-6-10-24(22)30/h3-14,25H,2,15-18H2,1H3,(H,31,34)/t25-/m1/s1. The van der Waals surface area contributed by atoms with Crippen LogP contribution in [0.2, 0.25) is 5.02 Å². The van der Waals surface area contributed by atoms with Crippen LogP contribution in [0.3, 0.4) is 0 Å². The highest BCUT2D eigenvalue weighted by atomic mass is 35.5. The van der Waals surface area contributed by atoms with Gasteiger partial charge in [-0.3, -0.25) is 9.59 Å². The highest BCUT2D eigenvalue weighted by Crippen LogP contribution is 2.25. The lowest BCUT2D eigenvalue weighted by atomic mass is 10.0. The number of hydrogen-bond donors (Lipinski definition) is 1. The molecule has 2 amide bonds. The molecule has 1 atom stereocenters. The van der Waals surface area contributed by atoms with Gasteiger partial charge in [-0.15, -0.1) is 11.8 Å². The number of amides is 2. The number of carbonyl (C=O) groups excluding carboxylic acids is 2. The first-order valence-electron chi connectivity index (χ1n) is 11.2. The van der Waals surface area contributed by atoms with Crippen molar-refractivity contribution in [3.05, 3.63) is 106 Å². The van der Waals surface area contributed by atoms with E-state index in [-0.39, 0.29) is 35.7 Å². The third-order valence-electron chi connectivity index (χ3n) is 5.42. The molecular formula is C27H27ClF2N2O2S. The summed E-state index contributed by atoms with van der Waals surface area (Å²) in [6.07, 6.45) is 0.323. The molecule has 8 heteroatoms. The van der Waals surface area contributed by atoms with Crippen LogP contribution < -0.4 is 5.32 Å². The normalized spacial score (nSPS) is 11.7. The van der Waals surface area contributed by atoms with Gasteiger partial charge in [0, 0.05) is 35.8 Å². The number of carbonyl (C=O) groups is 2. The number of thioether (sulfide) groups is 1. The Labute approximate surface area is 213 Å². The maximum absolute atomic E-state index is 14.1. The molecule has 0 aliphatic heterocycles. The second-order valence-corrected chi connectivity index (χ2v) is 9.33. The maximum atomic E-state index is 14.1. The summed E-state index contributed by atoms with van der Waals surface area (Å²) >= 11 is 7.34. The molecule has 0 unspecified atom stereocenters. The van der Waals surface area contributed by atoms with Gasteiger partial charge in [0.1, 0.15) is 17.7 Å². The molecule has 1 N–H and O–H groups in total. The Kier molecular flexibility index (Phi) is 10.1. The van der Waals surface area contributed by atoms with E-state index < -0.39 is 11.9 Å². The number of nitrogens with zero attached hydrogens (tertiary/aromatic N) is 1. The number of nitrogens with one attached hydrogen (secondary N) is 1. The van der Waals surface area contributed by atoms with E-state index >= 15 is 0 Å². The van der Waals surface area contributed by atoms with Crippen LogP contribution in [-0.4, -0.2) is 35.1 Å². The number of rotatable bonds is 11. The fourth-order valence-electron chi connectivity index (χ4n) is 3.63. The van der Waals surface area contributed by atoms with E-state index in [2.05, 4.69) is 5.32 Å². The Morgan fingerprint density at radius 1 is 0.971 bits per heavy atom. The summed E-state index contributed by atoms with van der Waals surface area (Å²) in [6.45, 7) is 2.37. The van der Waals surface area contributed by atoms with Crippen molar-refractivity contribution in [3.63, 3.8) is 0 Å². The lowest BCUT2D eigenvalue weighted by Crippen LogP contribution is -2.51. The van der Waals surface area contributed by atoms with Crippen molar-refractivity contribution >= 4 is 35.2 Å². The second kappa shape index (κ2) is 13.3. The lowest BCUT2D eigenvalue weighted by molar-refractivity contribution is -0.139. The van der Waals surface area contributed by atoms with E-state index in [0.717, 1.165) is 5.56 Å². The molecule has 3 aromatic carbocycles. The lowest BCUT2D eigenvalue weighted by Gasteiger charge is -2.31. The first kappa shape index (κ1) is 26.7. The molecule has 0 aromatic heterocycles. The smallest absolute Gasteiger partial charge is 0.243 e. The van der Waals surface area contributed by atoms with Crippen LogP contribution in [0, 0.1) is 11.6 Å². The van der Waals surface area contributed by atoms with Crippen molar-refractivity contribution < 1.29 is 18.4 Å². The number of likely N-dealkylation sites (N-methyl/N-ethyl adjacent to an activating group) is 1. The zero-order valence-corrected chi connectivity index (χ0v) is 20.9.